The first kappa shape index (κ1) is 18.3. The zero-order valence-corrected chi connectivity index (χ0v) is 13.3. The Bertz CT molecular complexity index is 466. The summed E-state index contributed by atoms with van der Waals surface area (Å²) in [5.74, 6) is -0.209. The van der Waals surface area contributed by atoms with Crippen molar-refractivity contribution in [1.82, 2.24) is 4.98 Å². The molecular formula is C18H26FN. The van der Waals surface area contributed by atoms with E-state index in [2.05, 4.69) is 37.9 Å². The summed E-state index contributed by atoms with van der Waals surface area (Å²) in [7, 11) is 0. The molecule has 0 spiro atoms. The van der Waals surface area contributed by atoms with Crippen molar-refractivity contribution in [2.24, 2.45) is 0 Å². The van der Waals surface area contributed by atoms with Crippen molar-refractivity contribution in [1.29, 1.82) is 0 Å². The van der Waals surface area contributed by atoms with Crippen LogP contribution in [0.25, 0.3) is 0 Å². The average molecular weight is 275 g/mol. The number of benzene rings is 1. The van der Waals surface area contributed by atoms with Crippen molar-refractivity contribution >= 4 is 0 Å². The molecule has 0 atom stereocenters. The SMILES string of the molecule is CCC.CCc1cnc(C)c(F)c1.Cc1ccccc1. The molecule has 0 aliphatic heterocycles. The normalized spacial score (nSPS) is 8.90. The molecule has 0 saturated carbocycles. The highest BCUT2D eigenvalue weighted by Gasteiger charge is 1.97. The monoisotopic (exact) mass is 275 g/mol. The lowest BCUT2D eigenvalue weighted by Crippen LogP contribution is -1.90. The second-order valence-electron chi connectivity index (χ2n) is 4.63. The van der Waals surface area contributed by atoms with Crippen LogP contribution in [0.3, 0.4) is 0 Å². The first-order valence-electron chi connectivity index (χ1n) is 7.17. The molecule has 2 aromatic rings. The van der Waals surface area contributed by atoms with Crippen LogP contribution in [0.2, 0.25) is 0 Å². The van der Waals surface area contributed by atoms with Crippen molar-refractivity contribution in [3.8, 4) is 0 Å². The van der Waals surface area contributed by atoms with Gasteiger partial charge >= 0.3 is 0 Å². The molecule has 0 bridgehead atoms. The Kier molecular flexibility index (Phi) is 10.2. The highest BCUT2D eigenvalue weighted by Crippen LogP contribution is 2.05. The van der Waals surface area contributed by atoms with Crippen molar-refractivity contribution in [2.75, 3.05) is 0 Å². The van der Waals surface area contributed by atoms with Crippen LogP contribution in [0.4, 0.5) is 4.39 Å². The second kappa shape index (κ2) is 11.2. The molecule has 0 N–H and O–H groups in total. The molecule has 0 aliphatic rings. The van der Waals surface area contributed by atoms with Crippen LogP contribution in [0.15, 0.2) is 42.6 Å². The maximum atomic E-state index is 12.7. The molecule has 0 saturated heterocycles. The zero-order valence-electron chi connectivity index (χ0n) is 13.3. The van der Waals surface area contributed by atoms with Crippen molar-refractivity contribution in [2.45, 2.75) is 47.5 Å². The van der Waals surface area contributed by atoms with Gasteiger partial charge in [0.05, 0.1) is 5.69 Å². The summed E-state index contributed by atoms with van der Waals surface area (Å²) in [6.45, 7) is 9.97. The van der Waals surface area contributed by atoms with Gasteiger partial charge in [0, 0.05) is 6.20 Å². The maximum Gasteiger partial charge on any atom is 0.144 e. The van der Waals surface area contributed by atoms with Crippen LogP contribution in [-0.2, 0) is 6.42 Å². The first-order chi connectivity index (χ1) is 9.54. The Hall–Kier alpha value is -1.70. The van der Waals surface area contributed by atoms with Gasteiger partial charge in [0.25, 0.3) is 0 Å². The smallest absolute Gasteiger partial charge is 0.144 e. The summed E-state index contributed by atoms with van der Waals surface area (Å²) in [4.78, 5) is 3.87. The summed E-state index contributed by atoms with van der Waals surface area (Å²) in [6.07, 6.45) is 3.79. The van der Waals surface area contributed by atoms with E-state index in [-0.39, 0.29) is 5.82 Å². The molecule has 1 heterocycles. The Morgan fingerprint density at radius 3 is 1.90 bits per heavy atom. The van der Waals surface area contributed by atoms with E-state index in [1.807, 2.05) is 25.1 Å². The van der Waals surface area contributed by atoms with Crippen molar-refractivity contribution in [3.05, 3.63) is 65.2 Å². The van der Waals surface area contributed by atoms with E-state index < -0.39 is 0 Å². The second-order valence-corrected chi connectivity index (χ2v) is 4.63. The first-order valence-corrected chi connectivity index (χ1v) is 7.17. The van der Waals surface area contributed by atoms with Gasteiger partial charge in [0.2, 0.25) is 0 Å². The molecule has 0 amide bonds. The van der Waals surface area contributed by atoms with Gasteiger partial charge in [-0.25, -0.2) is 4.39 Å². The van der Waals surface area contributed by atoms with Crippen LogP contribution >= 0.6 is 0 Å². The van der Waals surface area contributed by atoms with E-state index >= 15 is 0 Å². The van der Waals surface area contributed by atoms with Crippen molar-refractivity contribution < 1.29 is 4.39 Å². The lowest BCUT2D eigenvalue weighted by molar-refractivity contribution is 0.607. The number of rotatable bonds is 1. The third-order valence-corrected chi connectivity index (χ3v) is 2.43. The number of halogens is 1. The highest BCUT2D eigenvalue weighted by atomic mass is 19.1. The average Bonchev–Trinajstić information content (AvgIpc) is 2.44. The van der Waals surface area contributed by atoms with E-state index in [1.165, 1.54) is 18.1 Å². The van der Waals surface area contributed by atoms with Crippen LogP contribution in [0, 0.1) is 19.7 Å². The van der Waals surface area contributed by atoms with Gasteiger partial charge in [0.1, 0.15) is 5.82 Å². The summed E-state index contributed by atoms with van der Waals surface area (Å²) in [5.41, 5.74) is 2.74. The van der Waals surface area contributed by atoms with Gasteiger partial charge in [0.15, 0.2) is 0 Å². The fourth-order valence-electron chi connectivity index (χ4n) is 1.27. The topological polar surface area (TPSA) is 12.9 Å². The van der Waals surface area contributed by atoms with Crippen LogP contribution < -0.4 is 0 Å². The van der Waals surface area contributed by atoms with E-state index in [9.17, 15) is 4.39 Å². The Balaban J connectivity index is 0.000000315. The predicted octanol–water partition coefficient (Wildman–Crippen LogP) is 5.50. The number of aryl methyl sites for hydroxylation is 3. The third-order valence-electron chi connectivity index (χ3n) is 2.43. The minimum Gasteiger partial charge on any atom is -0.258 e. The maximum absolute atomic E-state index is 12.7. The number of hydrogen-bond acceptors (Lipinski definition) is 1. The Morgan fingerprint density at radius 2 is 1.55 bits per heavy atom. The number of nitrogens with zero attached hydrogens (tertiary/aromatic N) is 1. The van der Waals surface area contributed by atoms with Gasteiger partial charge in [-0.15, -0.1) is 0 Å². The van der Waals surface area contributed by atoms with Crippen LogP contribution in [0.5, 0.6) is 0 Å². The molecule has 0 aliphatic carbocycles. The van der Waals surface area contributed by atoms with Gasteiger partial charge in [-0.3, -0.25) is 4.98 Å². The molecule has 1 aromatic carbocycles. The lowest BCUT2D eigenvalue weighted by Gasteiger charge is -1.97. The Morgan fingerprint density at radius 1 is 1.00 bits per heavy atom. The van der Waals surface area contributed by atoms with Gasteiger partial charge in [-0.05, 0) is 31.9 Å². The number of hydrogen-bond donors (Lipinski definition) is 0. The molecule has 0 radical (unpaired) electrons. The van der Waals surface area contributed by atoms with Crippen LogP contribution in [0.1, 0.15) is 44.0 Å². The Labute approximate surface area is 122 Å². The molecule has 2 rings (SSSR count). The summed E-state index contributed by atoms with van der Waals surface area (Å²) < 4.78 is 12.7. The third kappa shape index (κ3) is 8.41. The predicted molar refractivity (Wildman–Crippen MR) is 85.5 cm³/mol. The minimum atomic E-state index is -0.209. The standard InChI is InChI=1S/C8H10FN.C7H8.C3H8/c1-3-7-4-8(9)6(2)10-5-7;1-7-5-3-2-4-6-7;1-3-2/h4-5H,3H2,1-2H3;2-6H,1H3;3H2,1-2H3. The number of aromatic nitrogens is 1. The van der Waals surface area contributed by atoms with E-state index in [0.717, 1.165) is 12.0 Å². The highest BCUT2D eigenvalue weighted by molar-refractivity contribution is 5.14. The van der Waals surface area contributed by atoms with Crippen LogP contribution in [-0.4, -0.2) is 4.98 Å². The van der Waals surface area contributed by atoms with Gasteiger partial charge in [-0.2, -0.15) is 0 Å². The quantitative estimate of drug-likeness (QED) is 0.669. The molecule has 20 heavy (non-hydrogen) atoms. The fraction of sp³-hybridized carbons (Fsp3) is 0.389. The molecule has 0 fully saturated rings. The molecule has 1 aromatic heterocycles. The lowest BCUT2D eigenvalue weighted by atomic mass is 10.2. The molecule has 2 heteroatoms. The van der Waals surface area contributed by atoms with Gasteiger partial charge < -0.3 is 0 Å². The summed E-state index contributed by atoms with van der Waals surface area (Å²) in [6, 6.07) is 11.8. The van der Waals surface area contributed by atoms with E-state index in [0.29, 0.717) is 5.69 Å². The zero-order chi connectivity index (χ0) is 15.4. The minimum absolute atomic E-state index is 0.209. The van der Waals surface area contributed by atoms with Crippen molar-refractivity contribution in [3.63, 3.8) is 0 Å². The summed E-state index contributed by atoms with van der Waals surface area (Å²) >= 11 is 0. The van der Waals surface area contributed by atoms with E-state index in [4.69, 9.17) is 0 Å². The molecule has 110 valence electrons. The fourth-order valence-corrected chi connectivity index (χ4v) is 1.27. The number of pyridine rings is 1. The van der Waals surface area contributed by atoms with Gasteiger partial charge in [-0.1, -0.05) is 63.1 Å². The molecule has 0 unspecified atom stereocenters. The molecular weight excluding hydrogens is 249 g/mol. The molecule has 1 nitrogen and oxygen atoms in total. The van der Waals surface area contributed by atoms with E-state index in [1.54, 1.807) is 13.1 Å². The summed E-state index contributed by atoms with van der Waals surface area (Å²) in [5, 5.41) is 0. The largest absolute Gasteiger partial charge is 0.258 e.